The second-order valence-corrected chi connectivity index (χ2v) is 4.57. The largest absolute Gasteiger partial charge is 0.300 e. The summed E-state index contributed by atoms with van der Waals surface area (Å²) >= 11 is 0. The summed E-state index contributed by atoms with van der Waals surface area (Å²) in [5.74, 6) is 0.321. The molecule has 2 rings (SSSR count). The molecule has 1 aliphatic carbocycles. The third-order valence-electron chi connectivity index (χ3n) is 3.59. The van der Waals surface area contributed by atoms with E-state index in [4.69, 9.17) is 5.26 Å². The minimum absolute atomic E-state index is 0.113. The van der Waals surface area contributed by atoms with Crippen LogP contribution in [0.1, 0.15) is 44.2 Å². The zero-order valence-corrected chi connectivity index (χ0v) is 9.72. The molecular weight excluding hydrogens is 214 g/mol. The van der Waals surface area contributed by atoms with Gasteiger partial charge in [0.15, 0.2) is 0 Å². The van der Waals surface area contributed by atoms with E-state index in [0.29, 0.717) is 25.0 Å². The molecule has 1 heterocycles. The molecule has 1 fully saturated rings. The highest BCUT2D eigenvalue weighted by molar-refractivity contribution is 5.79. The van der Waals surface area contributed by atoms with Crippen LogP contribution >= 0.6 is 0 Å². The van der Waals surface area contributed by atoms with Crippen molar-refractivity contribution in [2.24, 2.45) is 0 Å². The van der Waals surface area contributed by atoms with Gasteiger partial charge < -0.3 is 0 Å². The molecule has 17 heavy (non-hydrogen) atoms. The third-order valence-corrected chi connectivity index (χ3v) is 3.59. The molecule has 0 radical (unpaired) electrons. The van der Waals surface area contributed by atoms with Gasteiger partial charge in [0.05, 0.1) is 11.8 Å². The van der Waals surface area contributed by atoms with Gasteiger partial charge in [-0.25, -0.2) is 0 Å². The van der Waals surface area contributed by atoms with Gasteiger partial charge >= 0.3 is 0 Å². The average Bonchev–Trinajstić information content (AvgIpc) is 2.40. The van der Waals surface area contributed by atoms with Crippen LogP contribution in [0.25, 0.3) is 0 Å². The molecule has 0 atom stereocenters. The fraction of sp³-hybridized carbons (Fsp3) is 0.538. The van der Waals surface area contributed by atoms with E-state index in [-0.39, 0.29) is 5.41 Å². The first kappa shape index (κ1) is 11.7. The van der Waals surface area contributed by atoms with Gasteiger partial charge in [0, 0.05) is 43.3 Å². The molecule has 0 aliphatic heterocycles. The highest BCUT2D eigenvalue weighted by atomic mass is 16.1. The van der Waals surface area contributed by atoms with Crippen LogP contribution in [0.3, 0.4) is 0 Å². The summed E-state index contributed by atoms with van der Waals surface area (Å²) in [6, 6.07) is 2.19. The second kappa shape index (κ2) is 5.05. The lowest BCUT2D eigenvalue weighted by atomic mass is 9.69. The maximum atomic E-state index is 11.4. The highest BCUT2D eigenvalue weighted by Crippen LogP contribution is 2.40. The summed E-state index contributed by atoms with van der Waals surface area (Å²) in [6.45, 7) is 0. The quantitative estimate of drug-likeness (QED) is 0.796. The molecule has 1 aliphatic rings. The van der Waals surface area contributed by atoms with Crippen molar-refractivity contribution in [3.63, 3.8) is 0 Å². The second-order valence-electron chi connectivity index (χ2n) is 4.57. The van der Waals surface area contributed by atoms with Crippen LogP contribution in [-0.2, 0) is 10.2 Å². The SMILES string of the molecule is N#CCCC1(c2cnccn2)CCC(=O)CC1. The Bertz CT molecular complexity index is 426. The van der Waals surface area contributed by atoms with E-state index in [2.05, 4.69) is 16.0 Å². The number of carbonyl (C=O) groups is 1. The third kappa shape index (κ3) is 2.50. The summed E-state index contributed by atoms with van der Waals surface area (Å²) in [7, 11) is 0. The van der Waals surface area contributed by atoms with E-state index >= 15 is 0 Å². The van der Waals surface area contributed by atoms with E-state index in [1.807, 2.05) is 0 Å². The monoisotopic (exact) mass is 229 g/mol. The minimum Gasteiger partial charge on any atom is -0.300 e. The molecule has 0 unspecified atom stereocenters. The van der Waals surface area contributed by atoms with Crippen molar-refractivity contribution in [1.29, 1.82) is 5.26 Å². The lowest BCUT2D eigenvalue weighted by molar-refractivity contribution is -0.121. The number of hydrogen-bond donors (Lipinski definition) is 0. The van der Waals surface area contributed by atoms with Gasteiger partial charge in [-0.1, -0.05) is 0 Å². The lowest BCUT2D eigenvalue weighted by Crippen LogP contribution is -2.33. The maximum Gasteiger partial charge on any atom is 0.132 e. The molecule has 88 valence electrons. The predicted molar refractivity (Wildman–Crippen MR) is 62.0 cm³/mol. The fourth-order valence-electron chi connectivity index (χ4n) is 2.51. The molecule has 0 saturated heterocycles. The Labute approximate surface area is 101 Å². The van der Waals surface area contributed by atoms with Gasteiger partial charge in [0.25, 0.3) is 0 Å². The number of ketones is 1. The fourth-order valence-corrected chi connectivity index (χ4v) is 2.51. The molecule has 0 aromatic carbocycles. The summed E-state index contributed by atoms with van der Waals surface area (Å²) in [6.07, 6.45) is 9.17. The molecular formula is C13H15N3O. The molecule has 0 spiro atoms. The number of Topliss-reactive ketones (excluding diaryl/α,β-unsaturated/α-hetero) is 1. The zero-order valence-electron chi connectivity index (χ0n) is 9.72. The van der Waals surface area contributed by atoms with Crippen molar-refractivity contribution in [1.82, 2.24) is 9.97 Å². The predicted octanol–water partition coefficient (Wildman–Crippen LogP) is 2.16. The van der Waals surface area contributed by atoms with Gasteiger partial charge in [-0.05, 0) is 19.3 Å². The Morgan fingerprint density at radius 3 is 2.71 bits per heavy atom. The van der Waals surface area contributed by atoms with Crippen molar-refractivity contribution in [2.45, 2.75) is 43.9 Å². The Hall–Kier alpha value is -1.76. The molecule has 4 nitrogen and oxygen atoms in total. The van der Waals surface area contributed by atoms with Crippen LogP contribution in [0.15, 0.2) is 18.6 Å². The number of hydrogen-bond acceptors (Lipinski definition) is 4. The normalized spacial score (nSPS) is 18.6. The van der Waals surface area contributed by atoms with Gasteiger partial charge in [-0.2, -0.15) is 5.26 Å². The number of nitriles is 1. The van der Waals surface area contributed by atoms with Crippen molar-refractivity contribution in [2.75, 3.05) is 0 Å². The van der Waals surface area contributed by atoms with Gasteiger partial charge in [0.2, 0.25) is 0 Å². The standard InChI is InChI=1S/C13H15N3O/c14-7-1-4-13(5-2-11(17)3-6-13)12-10-15-8-9-16-12/h8-10H,1-6H2. The van der Waals surface area contributed by atoms with Crippen molar-refractivity contribution in [3.8, 4) is 6.07 Å². The van der Waals surface area contributed by atoms with E-state index in [0.717, 1.165) is 25.0 Å². The number of nitrogens with zero attached hydrogens (tertiary/aromatic N) is 3. The summed E-state index contributed by atoms with van der Waals surface area (Å²) in [5.41, 5.74) is 0.820. The van der Waals surface area contributed by atoms with Crippen molar-refractivity contribution in [3.05, 3.63) is 24.3 Å². The number of aromatic nitrogens is 2. The van der Waals surface area contributed by atoms with E-state index < -0.39 is 0 Å². The van der Waals surface area contributed by atoms with Crippen LogP contribution in [0.2, 0.25) is 0 Å². The molecule has 1 saturated carbocycles. The van der Waals surface area contributed by atoms with Crippen LogP contribution < -0.4 is 0 Å². The summed E-state index contributed by atoms with van der Waals surface area (Å²) in [5, 5.41) is 8.76. The maximum absolute atomic E-state index is 11.4. The van der Waals surface area contributed by atoms with Crippen LogP contribution in [0, 0.1) is 11.3 Å². The Balaban J connectivity index is 2.25. The topological polar surface area (TPSA) is 66.6 Å². The Kier molecular flexibility index (Phi) is 3.48. The molecule has 4 heteroatoms. The van der Waals surface area contributed by atoms with E-state index in [1.165, 1.54) is 0 Å². The average molecular weight is 229 g/mol. The van der Waals surface area contributed by atoms with Gasteiger partial charge in [0.1, 0.15) is 5.78 Å². The van der Waals surface area contributed by atoms with Crippen LogP contribution in [0.4, 0.5) is 0 Å². The minimum atomic E-state index is -0.113. The molecule has 0 N–H and O–H groups in total. The highest BCUT2D eigenvalue weighted by Gasteiger charge is 2.37. The lowest BCUT2D eigenvalue weighted by Gasteiger charge is -2.35. The number of carbonyl (C=O) groups excluding carboxylic acids is 1. The van der Waals surface area contributed by atoms with E-state index in [1.54, 1.807) is 18.6 Å². The molecule has 0 amide bonds. The van der Waals surface area contributed by atoms with Gasteiger partial charge in [-0.15, -0.1) is 0 Å². The van der Waals surface area contributed by atoms with Gasteiger partial charge in [-0.3, -0.25) is 14.8 Å². The number of rotatable bonds is 3. The zero-order chi connectivity index (χ0) is 12.1. The first-order valence-corrected chi connectivity index (χ1v) is 5.92. The molecule has 1 aromatic rings. The van der Waals surface area contributed by atoms with Crippen LogP contribution in [0.5, 0.6) is 0 Å². The van der Waals surface area contributed by atoms with Crippen molar-refractivity contribution >= 4 is 5.78 Å². The molecule has 1 aromatic heterocycles. The summed E-state index contributed by atoms with van der Waals surface area (Å²) < 4.78 is 0. The smallest absolute Gasteiger partial charge is 0.132 e. The summed E-state index contributed by atoms with van der Waals surface area (Å²) in [4.78, 5) is 19.8. The first-order valence-electron chi connectivity index (χ1n) is 5.92. The van der Waals surface area contributed by atoms with Crippen LogP contribution in [-0.4, -0.2) is 15.8 Å². The van der Waals surface area contributed by atoms with Crippen molar-refractivity contribution < 1.29 is 4.79 Å². The first-order chi connectivity index (χ1) is 8.27. The Morgan fingerprint density at radius 1 is 1.35 bits per heavy atom. The molecule has 0 bridgehead atoms. The Morgan fingerprint density at radius 2 is 2.12 bits per heavy atom. The van der Waals surface area contributed by atoms with E-state index in [9.17, 15) is 4.79 Å².